The molecule has 1 amide bonds. The van der Waals surface area contributed by atoms with Gasteiger partial charge in [-0.2, -0.15) is 0 Å². The number of halogens is 2. The molecule has 1 heterocycles. The number of nitrogens with zero attached hydrogens (tertiary/aromatic N) is 1. The Morgan fingerprint density at radius 3 is 2.12 bits per heavy atom. The highest BCUT2D eigenvalue weighted by molar-refractivity contribution is 7.80. The molecule has 0 spiro atoms. The van der Waals surface area contributed by atoms with E-state index in [1.165, 1.54) is 18.2 Å². The van der Waals surface area contributed by atoms with Gasteiger partial charge in [0.1, 0.15) is 11.6 Å². The number of nitrogens with two attached hydrogens (primary N) is 1. The second-order valence-electron chi connectivity index (χ2n) is 10.6. The Morgan fingerprint density at radius 1 is 1.12 bits per heavy atom. The van der Waals surface area contributed by atoms with Gasteiger partial charge in [-0.25, -0.2) is 8.78 Å². The largest absolute Gasteiger partial charge is 0.772 e. The second-order valence-corrected chi connectivity index (χ2v) is 11.8. The molecule has 3 aliphatic rings. The number of carboxylic acids is 1. The number of carbonyl (C=O) groups is 2. The summed E-state index contributed by atoms with van der Waals surface area (Å²) >= 11 is -1.76. The molecule has 2 aromatic carbocycles. The van der Waals surface area contributed by atoms with Gasteiger partial charge in [-0.15, -0.1) is 0 Å². The van der Waals surface area contributed by atoms with Crippen molar-refractivity contribution in [1.29, 1.82) is 0 Å². The summed E-state index contributed by atoms with van der Waals surface area (Å²) in [6.07, 6.45) is 5.67. The number of rotatable bonds is 8. The summed E-state index contributed by atoms with van der Waals surface area (Å²) < 4.78 is 52.9. The topological polar surface area (TPSA) is 133 Å². The Morgan fingerprint density at radius 2 is 1.70 bits per heavy atom. The summed E-state index contributed by atoms with van der Waals surface area (Å²) in [5, 5.41) is 7.44. The molecule has 40 heavy (non-hydrogen) atoms. The van der Waals surface area contributed by atoms with E-state index in [1.807, 2.05) is 12.1 Å². The van der Waals surface area contributed by atoms with E-state index in [9.17, 15) is 22.3 Å². The third-order valence-corrected chi connectivity index (χ3v) is 8.41. The molecule has 1 saturated heterocycles. The molecular weight excluding hydrogens is 542 g/mol. The third kappa shape index (κ3) is 9.15. The number of carbonyl (C=O) groups excluding carboxylic acids is 1. The van der Waals surface area contributed by atoms with Crippen LogP contribution in [0.2, 0.25) is 0 Å². The minimum absolute atomic E-state index is 0.0185. The average molecular weight is 580 g/mol. The number of piperidine rings is 1. The Kier molecular flexibility index (Phi) is 11.3. The zero-order valence-electron chi connectivity index (χ0n) is 22.9. The van der Waals surface area contributed by atoms with Crippen molar-refractivity contribution < 1.29 is 37.0 Å². The van der Waals surface area contributed by atoms with Gasteiger partial charge >= 0.3 is 0 Å². The number of primary amides is 1. The van der Waals surface area contributed by atoms with Crippen LogP contribution in [0.3, 0.4) is 0 Å². The van der Waals surface area contributed by atoms with Gasteiger partial charge in [0, 0.05) is 31.2 Å². The van der Waals surface area contributed by atoms with Crippen LogP contribution in [-0.4, -0.2) is 62.7 Å². The lowest BCUT2D eigenvalue weighted by atomic mass is 9.73. The van der Waals surface area contributed by atoms with Gasteiger partial charge in [0.15, 0.2) is 0 Å². The van der Waals surface area contributed by atoms with Crippen LogP contribution in [0, 0.1) is 11.6 Å². The molecule has 2 aromatic rings. The first-order valence-electron chi connectivity index (χ1n) is 13.3. The second kappa shape index (κ2) is 14.2. The molecule has 1 aliphatic heterocycles. The number of aliphatic carboxylic acids is 1. The smallest absolute Gasteiger partial charge is 0.300 e. The predicted molar refractivity (Wildman–Crippen MR) is 147 cm³/mol. The molecule has 3 fully saturated rings. The van der Waals surface area contributed by atoms with Gasteiger partial charge in [0.25, 0.3) is 11.9 Å². The fourth-order valence-corrected chi connectivity index (χ4v) is 5.49. The number of likely N-dealkylation sites (tertiary alicyclic amines) is 1. The van der Waals surface area contributed by atoms with Gasteiger partial charge in [-0.1, -0.05) is 23.2 Å². The van der Waals surface area contributed by atoms with Crippen molar-refractivity contribution in [2.45, 2.75) is 68.6 Å². The van der Waals surface area contributed by atoms with E-state index in [-0.39, 0.29) is 22.0 Å². The number of amides is 1. The number of hydrogen-bond donors (Lipinski definition) is 2. The fraction of sp³-hybridized carbons (Fsp3) is 0.517. The van der Waals surface area contributed by atoms with Crippen molar-refractivity contribution in [3.8, 4) is 0 Å². The van der Waals surface area contributed by atoms with E-state index >= 15 is 0 Å². The summed E-state index contributed by atoms with van der Waals surface area (Å²) in [5.41, 5.74) is 8.27. The number of ether oxygens (including phenoxy) is 1. The highest BCUT2D eigenvalue weighted by atomic mass is 32.2. The quantitative estimate of drug-likeness (QED) is 0.447. The van der Waals surface area contributed by atoms with Gasteiger partial charge in [-0.3, -0.25) is 18.7 Å². The molecule has 220 valence electrons. The molecule has 5 rings (SSSR count). The SMILES string of the molecule is CC(=O)O.COCC1(c2ccc(F)cc2)CCN(Cc2cc(F)c(C(N)=O)cc2C2CC2)CC1.O=S([O-])C1CC1. The van der Waals surface area contributed by atoms with Crippen LogP contribution in [0.15, 0.2) is 36.4 Å². The molecule has 1 atom stereocenters. The maximum atomic E-state index is 14.4. The van der Waals surface area contributed by atoms with E-state index in [1.54, 1.807) is 13.2 Å². The van der Waals surface area contributed by atoms with Crippen LogP contribution in [0.4, 0.5) is 8.78 Å². The maximum absolute atomic E-state index is 14.4. The van der Waals surface area contributed by atoms with Gasteiger partial charge in [-0.05, 0) is 98.5 Å². The predicted octanol–water partition coefficient (Wildman–Crippen LogP) is 4.24. The molecule has 11 heteroatoms. The summed E-state index contributed by atoms with van der Waals surface area (Å²) in [5.74, 6) is -1.94. The number of benzene rings is 2. The Labute approximate surface area is 236 Å². The van der Waals surface area contributed by atoms with Gasteiger partial charge in [0.05, 0.1) is 12.2 Å². The zero-order chi connectivity index (χ0) is 29.4. The van der Waals surface area contributed by atoms with Crippen molar-refractivity contribution in [2.75, 3.05) is 26.8 Å². The average Bonchev–Trinajstić information content (AvgIpc) is 3.79. The fourth-order valence-electron chi connectivity index (χ4n) is 4.97. The monoisotopic (exact) mass is 579 g/mol. The van der Waals surface area contributed by atoms with E-state index in [4.69, 9.17) is 20.4 Å². The van der Waals surface area contributed by atoms with Crippen molar-refractivity contribution in [3.63, 3.8) is 0 Å². The summed E-state index contributed by atoms with van der Waals surface area (Å²) in [4.78, 5) is 22.9. The first kappa shape index (κ1) is 31.8. The lowest BCUT2D eigenvalue weighted by molar-refractivity contribution is -0.134. The van der Waals surface area contributed by atoms with Crippen molar-refractivity contribution >= 4 is 23.0 Å². The maximum Gasteiger partial charge on any atom is 0.300 e. The summed E-state index contributed by atoms with van der Waals surface area (Å²) in [6.45, 7) is 3.99. The van der Waals surface area contributed by atoms with Gasteiger partial charge < -0.3 is 20.1 Å². The van der Waals surface area contributed by atoms with Crippen molar-refractivity contribution in [3.05, 3.63) is 70.3 Å². The lowest BCUT2D eigenvalue weighted by Crippen LogP contribution is -2.45. The molecule has 2 saturated carbocycles. The lowest BCUT2D eigenvalue weighted by Gasteiger charge is -2.42. The minimum Gasteiger partial charge on any atom is -0.772 e. The molecule has 0 aromatic heterocycles. The molecule has 3 N–H and O–H groups in total. The zero-order valence-corrected chi connectivity index (χ0v) is 23.7. The van der Waals surface area contributed by atoms with Crippen LogP contribution in [0.5, 0.6) is 0 Å². The highest BCUT2D eigenvalue weighted by Crippen LogP contribution is 2.43. The first-order valence-corrected chi connectivity index (χ1v) is 14.5. The number of hydrogen-bond acceptors (Lipinski definition) is 6. The third-order valence-electron chi connectivity index (χ3n) is 7.39. The number of methoxy groups -OCH3 is 1. The van der Waals surface area contributed by atoms with Crippen LogP contribution in [-0.2, 0) is 32.6 Å². The van der Waals surface area contributed by atoms with Crippen LogP contribution in [0.25, 0.3) is 0 Å². The normalized spacial score (nSPS) is 18.9. The van der Waals surface area contributed by atoms with Crippen molar-refractivity contribution in [2.24, 2.45) is 5.73 Å². The van der Waals surface area contributed by atoms with Crippen LogP contribution < -0.4 is 5.73 Å². The highest BCUT2D eigenvalue weighted by Gasteiger charge is 2.37. The Hall–Kier alpha value is -2.73. The van der Waals surface area contributed by atoms with E-state index < -0.39 is 28.8 Å². The molecule has 2 aliphatic carbocycles. The molecule has 0 bridgehead atoms. The van der Waals surface area contributed by atoms with Crippen molar-refractivity contribution in [1.82, 2.24) is 4.90 Å². The molecule has 0 radical (unpaired) electrons. The van der Waals surface area contributed by atoms with E-state index in [0.29, 0.717) is 19.1 Å². The minimum atomic E-state index is -1.76. The summed E-state index contributed by atoms with van der Waals surface area (Å²) in [7, 11) is 1.70. The van der Waals surface area contributed by atoms with Gasteiger partial charge in [0.2, 0.25) is 0 Å². The Bertz CT molecular complexity index is 1190. The molecular formula is C29H37F2N2O6S-. The number of carboxylic acid groups (broad SMARTS) is 1. The van der Waals surface area contributed by atoms with E-state index in [0.717, 1.165) is 75.2 Å². The standard InChI is InChI=1S/C24H28F2N2O2.C3H6O2S.C2H4O2/c1-30-15-24(18-4-6-19(25)7-5-18)8-10-28(11-9-24)14-17-12-22(26)21(23(27)29)13-20(17)16-2-3-16;4-6(5)3-1-2-3;1-2(3)4/h4-7,12-13,16H,2-3,8-11,14-15H2,1H3,(H2,27,29);3H,1-2H2,(H,4,5);1H3,(H,3,4)/p-1. The molecule has 1 unspecified atom stereocenters. The van der Waals surface area contributed by atoms with Crippen LogP contribution >= 0.6 is 0 Å². The Balaban J connectivity index is 0.000000374. The first-order chi connectivity index (χ1) is 19.0. The molecule has 8 nitrogen and oxygen atoms in total. The van der Waals surface area contributed by atoms with Crippen LogP contribution in [0.1, 0.15) is 78.4 Å². The summed E-state index contributed by atoms with van der Waals surface area (Å²) in [6, 6.07) is 9.86. The van der Waals surface area contributed by atoms with E-state index in [2.05, 4.69) is 4.90 Å².